The van der Waals surface area contributed by atoms with Crippen molar-refractivity contribution in [1.29, 1.82) is 0 Å². The van der Waals surface area contributed by atoms with E-state index in [9.17, 15) is 9.59 Å². The summed E-state index contributed by atoms with van der Waals surface area (Å²) in [4.78, 5) is 26.0. The van der Waals surface area contributed by atoms with Crippen LogP contribution in [0.2, 0.25) is 0 Å². The van der Waals surface area contributed by atoms with Crippen molar-refractivity contribution < 1.29 is 14.3 Å². The van der Waals surface area contributed by atoms with Crippen molar-refractivity contribution in [3.05, 3.63) is 18.2 Å². The van der Waals surface area contributed by atoms with Gasteiger partial charge in [0.2, 0.25) is 0 Å². The summed E-state index contributed by atoms with van der Waals surface area (Å²) in [6, 6.07) is 5.49. The van der Waals surface area contributed by atoms with Crippen molar-refractivity contribution in [2.24, 2.45) is 0 Å². The zero-order valence-electron chi connectivity index (χ0n) is 14.3. The van der Waals surface area contributed by atoms with E-state index >= 15 is 0 Å². The first-order chi connectivity index (χ1) is 11.5. The number of carbonyl (C=O) groups is 2. The maximum atomic E-state index is 12.5. The van der Waals surface area contributed by atoms with E-state index in [4.69, 9.17) is 4.74 Å². The third kappa shape index (κ3) is 3.63. The standard InChI is InChI=1S/C18H25N3O3/c1-12-17(22)20-15-11-13(9-10-16(15)24-12)19-18(23)21(2)14-7-5-3-4-6-8-14/h9-12,14H,3-8H2,1-2H3,(H,19,23)(H,20,22)/t12-/m0/s1. The fourth-order valence-electron chi connectivity index (χ4n) is 3.31. The summed E-state index contributed by atoms with van der Waals surface area (Å²) in [5, 5.41) is 5.71. The van der Waals surface area contributed by atoms with E-state index < -0.39 is 6.10 Å². The fraction of sp³-hybridized carbons (Fsp3) is 0.556. The largest absolute Gasteiger partial charge is 0.479 e. The predicted molar refractivity (Wildman–Crippen MR) is 93.4 cm³/mol. The van der Waals surface area contributed by atoms with Crippen molar-refractivity contribution in [2.75, 3.05) is 17.7 Å². The molecule has 1 aromatic rings. The number of anilines is 2. The van der Waals surface area contributed by atoms with Crippen molar-refractivity contribution >= 4 is 23.3 Å². The quantitative estimate of drug-likeness (QED) is 0.814. The first-order valence-electron chi connectivity index (χ1n) is 8.70. The second kappa shape index (κ2) is 7.11. The Labute approximate surface area is 142 Å². The molecule has 6 nitrogen and oxygen atoms in total. The van der Waals surface area contributed by atoms with Crippen LogP contribution in [0, 0.1) is 0 Å². The second-order valence-electron chi connectivity index (χ2n) is 6.65. The van der Waals surface area contributed by atoms with Crippen molar-refractivity contribution in [1.82, 2.24) is 4.90 Å². The summed E-state index contributed by atoms with van der Waals surface area (Å²) < 4.78 is 5.53. The summed E-state index contributed by atoms with van der Waals surface area (Å²) >= 11 is 0. The highest BCUT2D eigenvalue weighted by Gasteiger charge is 2.25. The maximum absolute atomic E-state index is 12.5. The molecule has 1 aliphatic carbocycles. The molecule has 2 N–H and O–H groups in total. The zero-order chi connectivity index (χ0) is 17.1. The van der Waals surface area contributed by atoms with E-state index in [2.05, 4.69) is 10.6 Å². The average Bonchev–Trinajstić information content (AvgIpc) is 2.84. The van der Waals surface area contributed by atoms with Crippen LogP contribution in [0.5, 0.6) is 5.75 Å². The lowest BCUT2D eigenvalue weighted by Crippen LogP contribution is -2.39. The molecule has 1 heterocycles. The molecule has 0 unspecified atom stereocenters. The van der Waals surface area contributed by atoms with Gasteiger partial charge in [0.05, 0.1) is 5.69 Å². The number of fused-ring (bicyclic) bond motifs is 1. The molecule has 0 spiro atoms. The van der Waals surface area contributed by atoms with Crippen LogP contribution in [0.3, 0.4) is 0 Å². The van der Waals surface area contributed by atoms with Crippen LogP contribution in [0.25, 0.3) is 0 Å². The summed E-state index contributed by atoms with van der Waals surface area (Å²) in [5.74, 6) is 0.443. The molecular weight excluding hydrogens is 306 g/mol. The Morgan fingerprint density at radius 3 is 2.67 bits per heavy atom. The molecule has 0 radical (unpaired) electrons. The predicted octanol–water partition coefficient (Wildman–Crippen LogP) is 3.59. The Morgan fingerprint density at radius 1 is 1.25 bits per heavy atom. The minimum absolute atomic E-state index is 0.113. The van der Waals surface area contributed by atoms with E-state index in [-0.39, 0.29) is 11.9 Å². The summed E-state index contributed by atoms with van der Waals surface area (Å²) in [5.41, 5.74) is 1.24. The third-order valence-corrected chi connectivity index (χ3v) is 4.85. The monoisotopic (exact) mass is 331 g/mol. The third-order valence-electron chi connectivity index (χ3n) is 4.85. The lowest BCUT2D eigenvalue weighted by Gasteiger charge is -2.28. The Hall–Kier alpha value is -2.24. The first kappa shape index (κ1) is 16.6. The summed E-state index contributed by atoms with van der Waals surface area (Å²) in [6.45, 7) is 1.70. The van der Waals surface area contributed by atoms with Gasteiger partial charge in [0, 0.05) is 18.8 Å². The molecule has 0 saturated heterocycles. The Balaban J connectivity index is 1.66. The van der Waals surface area contributed by atoms with Crippen LogP contribution in [0.4, 0.5) is 16.2 Å². The van der Waals surface area contributed by atoms with Gasteiger partial charge in [-0.25, -0.2) is 4.79 Å². The number of ether oxygens (including phenoxy) is 1. The van der Waals surface area contributed by atoms with Crippen LogP contribution < -0.4 is 15.4 Å². The number of amides is 3. The van der Waals surface area contributed by atoms with Gasteiger partial charge in [-0.2, -0.15) is 0 Å². The van der Waals surface area contributed by atoms with Gasteiger partial charge in [-0.05, 0) is 38.0 Å². The highest BCUT2D eigenvalue weighted by molar-refractivity contribution is 5.99. The number of rotatable bonds is 2. The SMILES string of the molecule is C[C@@H]1Oc2ccc(NC(=O)N(C)C3CCCCCC3)cc2NC1=O. The van der Waals surface area contributed by atoms with Gasteiger partial charge in [0.25, 0.3) is 5.91 Å². The van der Waals surface area contributed by atoms with Crippen molar-refractivity contribution in [2.45, 2.75) is 57.6 Å². The van der Waals surface area contributed by atoms with Gasteiger partial charge in [-0.1, -0.05) is 25.7 Å². The maximum Gasteiger partial charge on any atom is 0.321 e. The van der Waals surface area contributed by atoms with Crippen LogP contribution in [-0.2, 0) is 4.79 Å². The van der Waals surface area contributed by atoms with Crippen LogP contribution in [0.15, 0.2) is 18.2 Å². The van der Waals surface area contributed by atoms with Gasteiger partial charge < -0.3 is 20.3 Å². The number of carbonyl (C=O) groups excluding carboxylic acids is 2. The molecule has 0 aromatic heterocycles. The Kier molecular flexibility index (Phi) is 4.92. The molecule has 1 aromatic carbocycles. The topological polar surface area (TPSA) is 70.7 Å². The molecule has 1 fully saturated rings. The van der Waals surface area contributed by atoms with E-state index in [1.165, 1.54) is 25.7 Å². The lowest BCUT2D eigenvalue weighted by molar-refractivity contribution is -0.122. The minimum atomic E-state index is -0.501. The van der Waals surface area contributed by atoms with Crippen LogP contribution in [0.1, 0.15) is 45.4 Å². The van der Waals surface area contributed by atoms with Crippen molar-refractivity contribution in [3.63, 3.8) is 0 Å². The molecule has 1 saturated carbocycles. The number of nitrogens with one attached hydrogen (secondary N) is 2. The molecular formula is C18H25N3O3. The molecule has 2 aliphatic rings. The van der Waals surface area contributed by atoms with Gasteiger partial charge in [0.1, 0.15) is 5.75 Å². The molecule has 3 rings (SSSR count). The summed E-state index contributed by atoms with van der Waals surface area (Å²) in [7, 11) is 1.86. The van der Waals surface area contributed by atoms with Crippen molar-refractivity contribution in [3.8, 4) is 5.75 Å². The molecule has 130 valence electrons. The van der Waals surface area contributed by atoms with Crippen LogP contribution in [-0.4, -0.2) is 36.0 Å². The number of hydrogen-bond donors (Lipinski definition) is 2. The molecule has 3 amide bonds. The van der Waals surface area contributed by atoms with Gasteiger partial charge >= 0.3 is 6.03 Å². The average molecular weight is 331 g/mol. The Morgan fingerprint density at radius 2 is 1.96 bits per heavy atom. The first-order valence-corrected chi connectivity index (χ1v) is 8.70. The minimum Gasteiger partial charge on any atom is -0.479 e. The van der Waals surface area contributed by atoms with E-state index in [1.807, 2.05) is 11.9 Å². The number of nitrogens with zero attached hydrogens (tertiary/aromatic N) is 1. The van der Waals surface area contributed by atoms with E-state index in [0.717, 1.165) is 12.8 Å². The Bertz CT molecular complexity index is 624. The number of urea groups is 1. The molecule has 0 bridgehead atoms. The number of hydrogen-bond acceptors (Lipinski definition) is 3. The highest BCUT2D eigenvalue weighted by atomic mass is 16.5. The lowest BCUT2D eigenvalue weighted by atomic mass is 10.1. The fourth-order valence-corrected chi connectivity index (χ4v) is 3.31. The smallest absolute Gasteiger partial charge is 0.321 e. The van der Waals surface area contributed by atoms with E-state index in [1.54, 1.807) is 25.1 Å². The normalized spacial score (nSPS) is 21.1. The molecule has 1 aliphatic heterocycles. The van der Waals surface area contributed by atoms with Gasteiger partial charge in [0.15, 0.2) is 6.10 Å². The second-order valence-corrected chi connectivity index (χ2v) is 6.65. The molecule has 1 atom stereocenters. The zero-order valence-corrected chi connectivity index (χ0v) is 14.3. The molecule has 6 heteroatoms. The van der Waals surface area contributed by atoms with Gasteiger partial charge in [-0.15, -0.1) is 0 Å². The molecule has 24 heavy (non-hydrogen) atoms. The highest BCUT2D eigenvalue weighted by Crippen LogP contribution is 2.32. The van der Waals surface area contributed by atoms with Crippen LogP contribution >= 0.6 is 0 Å². The number of benzene rings is 1. The summed E-state index contributed by atoms with van der Waals surface area (Å²) in [6.07, 6.45) is 6.51. The van der Waals surface area contributed by atoms with Gasteiger partial charge in [-0.3, -0.25) is 4.79 Å². The van der Waals surface area contributed by atoms with E-state index in [0.29, 0.717) is 23.2 Å².